The molecule has 0 radical (unpaired) electrons. The molecule has 0 amide bonds. The molecule has 0 bridgehead atoms. The quantitative estimate of drug-likeness (QED) is 0.277. The topological polar surface area (TPSA) is 35.8 Å². The van der Waals surface area contributed by atoms with Crippen molar-refractivity contribution in [3.63, 3.8) is 0 Å². The first-order valence-electron chi connectivity index (χ1n) is 16.0. The standard InChI is InChI=1S/C38H42F6N2/c1-24-16-17-30(37(39,40)41)22-34(33-14-9-15-36(35(33)20-24)38(42,43)44)25(2)10-8-11-26(3)46-31-18-19-32(29(21-31)23-45)27(4)28-12-6-5-7-13-28/h5-7,9,12,14-15,17-19,21-22,24-28,46H,8,10-11,13,16,20H2,1-4H3. The molecule has 0 spiro atoms. The van der Waals surface area contributed by atoms with Gasteiger partial charge in [-0.05, 0) is 109 Å². The maximum absolute atomic E-state index is 14.1. The van der Waals surface area contributed by atoms with E-state index in [-0.39, 0.29) is 41.5 Å². The number of fused-ring (bicyclic) bond motifs is 1. The van der Waals surface area contributed by atoms with E-state index >= 15 is 0 Å². The van der Waals surface area contributed by atoms with E-state index in [2.05, 4.69) is 30.5 Å². The highest BCUT2D eigenvalue weighted by Crippen LogP contribution is 2.42. The third-order valence-corrected chi connectivity index (χ3v) is 9.26. The van der Waals surface area contributed by atoms with E-state index < -0.39 is 35.3 Å². The molecule has 0 aromatic heterocycles. The highest BCUT2D eigenvalue weighted by atomic mass is 19.4. The van der Waals surface area contributed by atoms with Crippen molar-refractivity contribution in [2.75, 3.05) is 5.32 Å². The summed E-state index contributed by atoms with van der Waals surface area (Å²) in [6, 6.07) is 12.0. The molecule has 246 valence electrons. The van der Waals surface area contributed by atoms with Crippen LogP contribution < -0.4 is 5.32 Å². The van der Waals surface area contributed by atoms with Crippen molar-refractivity contribution in [2.24, 2.45) is 17.8 Å². The van der Waals surface area contributed by atoms with E-state index in [1.807, 2.05) is 37.3 Å². The van der Waals surface area contributed by atoms with Crippen LogP contribution in [0, 0.1) is 29.1 Å². The number of hydrogen-bond donors (Lipinski definition) is 1. The maximum Gasteiger partial charge on any atom is 0.416 e. The molecule has 8 heteroatoms. The minimum absolute atomic E-state index is 0.00135. The fraction of sp³-hybridized carbons (Fsp3) is 0.447. The van der Waals surface area contributed by atoms with Crippen molar-refractivity contribution >= 4 is 11.3 Å². The van der Waals surface area contributed by atoms with E-state index in [0.717, 1.165) is 35.9 Å². The van der Waals surface area contributed by atoms with Gasteiger partial charge in [0.05, 0.1) is 22.8 Å². The van der Waals surface area contributed by atoms with Crippen LogP contribution in [0.25, 0.3) is 5.57 Å². The van der Waals surface area contributed by atoms with E-state index in [4.69, 9.17) is 0 Å². The molecule has 5 atom stereocenters. The van der Waals surface area contributed by atoms with Gasteiger partial charge >= 0.3 is 12.4 Å². The van der Waals surface area contributed by atoms with Gasteiger partial charge in [-0.3, -0.25) is 0 Å². The van der Waals surface area contributed by atoms with Crippen molar-refractivity contribution in [3.05, 3.63) is 106 Å². The van der Waals surface area contributed by atoms with E-state index in [1.165, 1.54) is 12.1 Å². The summed E-state index contributed by atoms with van der Waals surface area (Å²) in [6.45, 7) is 7.61. The monoisotopic (exact) mass is 640 g/mol. The Morgan fingerprint density at radius 1 is 0.957 bits per heavy atom. The third-order valence-electron chi connectivity index (χ3n) is 9.26. The predicted molar refractivity (Wildman–Crippen MR) is 173 cm³/mol. The minimum Gasteiger partial charge on any atom is -0.383 e. The van der Waals surface area contributed by atoms with Crippen molar-refractivity contribution < 1.29 is 26.3 Å². The second kappa shape index (κ2) is 14.8. The third kappa shape index (κ3) is 8.74. The maximum atomic E-state index is 14.1. The zero-order chi connectivity index (χ0) is 33.6. The van der Waals surface area contributed by atoms with Crippen molar-refractivity contribution in [1.82, 2.24) is 0 Å². The molecule has 0 saturated carbocycles. The molecule has 4 rings (SSSR count). The SMILES string of the molecule is CC1CC=C(C(F)(F)F)C=C(C(C)CCCC(C)Nc2ccc(C(C)C3C=CC=CC3)c(C#N)c2)c2cccc(C(F)(F)F)c2C1. The molecule has 46 heavy (non-hydrogen) atoms. The molecule has 0 heterocycles. The summed E-state index contributed by atoms with van der Waals surface area (Å²) in [7, 11) is 0. The Morgan fingerprint density at radius 2 is 1.72 bits per heavy atom. The van der Waals surface area contributed by atoms with Crippen LogP contribution in [0.5, 0.6) is 0 Å². The number of halogens is 6. The molecular formula is C38H42F6N2. The molecule has 2 aliphatic carbocycles. The molecule has 0 fully saturated rings. The fourth-order valence-corrected chi connectivity index (χ4v) is 6.60. The zero-order valence-corrected chi connectivity index (χ0v) is 26.8. The number of allylic oxidation sites excluding steroid dienone is 8. The summed E-state index contributed by atoms with van der Waals surface area (Å²) in [4.78, 5) is 0. The van der Waals surface area contributed by atoms with Crippen LogP contribution in [0.1, 0.15) is 93.5 Å². The Kier molecular flexibility index (Phi) is 11.3. The van der Waals surface area contributed by atoms with Gasteiger partial charge in [0, 0.05) is 11.7 Å². The lowest BCUT2D eigenvalue weighted by atomic mass is 9.81. The first kappa shape index (κ1) is 35.1. The van der Waals surface area contributed by atoms with Gasteiger partial charge in [0.25, 0.3) is 0 Å². The Morgan fingerprint density at radius 3 is 2.37 bits per heavy atom. The van der Waals surface area contributed by atoms with E-state index in [9.17, 15) is 31.6 Å². The molecule has 2 aliphatic rings. The van der Waals surface area contributed by atoms with Gasteiger partial charge < -0.3 is 5.32 Å². The second-order valence-corrected chi connectivity index (χ2v) is 12.9. The summed E-state index contributed by atoms with van der Waals surface area (Å²) >= 11 is 0. The van der Waals surface area contributed by atoms with E-state index in [1.54, 1.807) is 13.8 Å². The largest absolute Gasteiger partial charge is 0.416 e. The highest BCUT2D eigenvalue weighted by Gasteiger charge is 2.37. The number of anilines is 1. The molecular weight excluding hydrogens is 598 g/mol. The molecule has 5 unspecified atom stereocenters. The Labute approximate surface area is 268 Å². The number of nitriles is 1. The lowest BCUT2D eigenvalue weighted by Gasteiger charge is -2.24. The van der Waals surface area contributed by atoms with Gasteiger partial charge in [-0.15, -0.1) is 0 Å². The molecule has 2 aromatic rings. The van der Waals surface area contributed by atoms with Gasteiger partial charge in [0.2, 0.25) is 0 Å². The van der Waals surface area contributed by atoms with Crippen LogP contribution >= 0.6 is 0 Å². The van der Waals surface area contributed by atoms with Gasteiger partial charge in [-0.25, -0.2) is 0 Å². The second-order valence-electron chi connectivity index (χ2n) is 12.9. The van der Waals surface area contributed by atoms with Crippen LogP contribution in [0.3, 0.4) is 0 Å². The van der Waals surface area contributed by atoms with Crippen LogP contribution in [0.4, 0.5) is 32.0 Å². The zero-order valence-electron chi connectivity index (χ0n) is 26.8. The Bertz CT molecular complexity index is 1540. The molecule has 0 saturated heterocycles. The normalized spacial score (nSPS) is 20.6. The molecule has 2 nitrogen and oxygen atoms in total. The highest BCUT2D eigenvalue weighted by molar-refractivity contribution is 5.74. The molecule has 2 aromatic carbocycles. The summed E-state index contributed by atoms with van der Waals surface area (Å²) in [5.41, 5.74) is 1.42. The first-order chi connectivity index (χ1) is 21.7. The number of alkyl halides is 6. The average molecular weight is 641 g/mol. The number of nitrogens with zero attached hydrogens (tertiary/aromatic N) is 1. The summed E-state index contributed by atoms with van der Waals surface area (Å²) < 4.78 is 84.3. The van der Waals surface area contributed by atoms with Crippen molar-refractivity contribution in [2.45, 2.75) is 90.5 Å². The first-order valence-corrected chi connectivity index (χ1v) is 16.0. The lowest BCUT2D eigenvalue weighted by molar-refractivity contribution is -0.138. The van der Waals surface area contributed by atoms with Crippen LogP contribution in [-0.4, -0.2) is 12.2 Å². The van der Waals surface area contributed by atoms with Gasteiger partial charge in [0.1, 0.15) is 0 Å². The molecule has 1 N–H and O–H groups in total. The van der Waals surface area contributed by atoms with Gasteiger partial charge in [-0.2, -0.15) is 31.6 Å². The average Bonchev–Trinajstić information content (AvgIpc) is 3.07. The minimum atomic E-state index is -4.62. The number of hydrogen-bond acceptors (Lipinski definition) is 2. The van der Waals surface area contributed by atoms with E-state index in [0.29, 0.717) is 30.7 Å². The van der Waals surface area contributed by atoms with Crippen molar-refractivity contribution in [3.8, 4) is 6.07 Å². The van der Waals surface area contributed by atoms with Crippen LogP contribution in [0.2, 0.25) is 0 Å². The van der Waals surface area contributed by atoms with Gasteiger partial charge in [-0.1, -0.05) is 75.8 Å². The van der Waals surface area contributed by atoms with Gasteiger partial charge in [0.15, 0.2) is 0 Å². The number of rotatable bonds is 9. The fourth-order valence-electron chi connectivity index (χ4n) is 6.60. The summed E-state index contributed by atoms with van der Waals surface area (Å²) in [5, 5.41) is 13.3. The smallest absolute Gasteiger partial charge is 0.383 e. The van der Waals surface area contributed by atoms with Crippen molar-refractivity contribution in [1.29, 1.82) is 5.26 Å². The Hall–Kier alpha value is -3.73. The number of nitrogens with one attached hydrogen (secondary N) is 1. The van der Waals surface area contributed by atoms with Crippen LogP contribution in [0.15, 0.2) is 78.4 Å². The number of benzene rings is 2. The Balaban J connectivity index is 1.50. The lowest BCUT2D eigenvalue weighted by Crippen LogP contribution is -2.17. The summed E-state index contributed by atoms with van der Waals surface area (Å²) in [6.07, 6.45) is 4.14. The molecule has 0 aliphatic heterocycles. The van der Waals surface area contributed by atoms with Crippen LogP contribution in [-0.2, 0) is 12.6 Å². The predicted octanol–water partition coefficient (Wildman–Crippen LogP) is 11.6. The summed E-state index contributed by atoms with van der Waals surface area (Å²) in [5.74, 6) is -0.297.